The molecular formula is C25H29BrN8O3S2. The van der Waals surface area contributed by atoms with Crippen LogP contribution in [0.3, 0.4) is 0 Å². The zero-order valence-electron chi connectivity index (χ0n) is 22.0. The average molecular weight is 634 g/mol. The molecule has 1 saturated carbocycles. The van der Waals surface area contributed by atoms with E-state index in [9.17, 15) is 13.2 Å². The Kier molecular flexibility index (Phi) is 7.46. The molecular weight excluding hydrogens is 604 g/mol. The van der Waals surface area contributed by atoms with Crippen LogP contribution in [0.25, 0.3) is 27.3 Å². The van der Waals surface area contributed by atoms with Crippen LogP contribution in [-0.2, 0) is 21.1 Å². The fourth-order valence-corrected chi connectivity index (χ4v) is 6.78. The third-order valence-corrected chi connectivity index (χ3v) is 9.46. The third kappa shape index (κ3) is 5.82. The molecule has 1 aliphatic carbocycles. The minimum atomic E-state index is -3.17. The van der Waals surface area contributed by atoms with Gasteiger partial charge in [0, 0.05) is 36.5 Å². The van der Waals surface area contributed by atoms with E-state index in [1.54, 1.807) is 17.9 Å². The minimum Gasteiger partial charge on any atom is -0.359 e. The topological polar surface area (TPSA) is 145 Å². The Balaban J connectivity index is 1.50. The molecule has 39 heavy (non-hydrogen) atoms. The first-order valence-electron chi connectivity index (χ1n) is 12.5. The molecule has 5 rings (SSSR count). The molecule has 0 spiro atoms. The summed E-state index contributed by atoms with van der Waals surface area (Å²) < 4.78 is 26.2. The number of carbonyl (C=O) groups is 1. The molecule has 1 amide bonds. The molecule has 0 radical (unpaired) electrons. The number of amides is 1. The van der Waals surface area contributed by atoms with Gasteiger partial charge in [-0.05, 0) is 72.3 Å². The molecule has 3 aromatic heterocycles. The molecule has 0 saturated heterocycles. The van der Waals surface area contributed by atoms with Gasteiger partial charge in [-0.25, -0.2) is 18.1 Å². The van der Waals surface area contributed by atoms with Crippen molar-refractivity contribution in [1.82, 2.24) is 35.3 Å². The molecule has 11 nitrogen and oxygen atoms in total. The first kappa shape index (κ1) is 27.6. The molecule has 2 N–H and O–H groups in total. The monoisotopic (exact) mass is 632 g/mol. The Morgan fingerprint density at radius 2 is 2.10 bits per heavy atom. The fourth-order valence-electron chi connectivity index (χ4n) is 5.00. The van der Waals surface area contributed by atoms with Crippen molar-refractivity contribution in [2.75, 3.05) is 24.4 Å². The highest BCUT2D eigenvalue weighted by atomic mass is 79.9. The summed E-state index contributed by atoms with van der Waals surface area (Å²) in [5, 5.41) is 21.5. The molecule has 3 heterocycles. The van der Waals surface area contributed by atoms with E-state index in [1.165, 1.54) is 17.6 Å². The van der Waals surface area contributed by atoms with Crippen molar-refractivity contribution in [1.29, 1.82) is 0 Å². The van der Waals surface area contributed by atoms with E-state index in [0.717, 1.165) is 45.1 Å². The van der Waals surface area contributed by atoms with Crippen LogP contribution in [-0.4, -0.2) is 69.4 Å². The normalized spacial score (nSPS) is 19.5. The number of hydrogen-bond acceptors (Lipinski definition) is 10. The first-order valence-corrected chi connectivity index (χ1v) is 16.1. The number of aromatic nitrogens is 6. The summed E-state index contributed by atoms with van der Waals surface area (Å²) in [5.74, 6) is 0.516. The summed E-state index contributed by atoms with van der Waals surface area (Å²) in [5.41, 5.74) is 2.59. The van der Waals surface area contributed by atoms with Gasteiger partial charge in [-0.3, -0.25) is 4.79 Å². The van der Waals surface area contributed by atoms with Crippen LogP contribution in [0.15, 0.2) is 29.0 Å². The van der Waals surface area contributed by atoms with Gasteiger partial charge in [0.2, 0.25) is 11.9 Å². The highest BCUT2D eigenvalue weighted by molar-refractivity contribution is 9.10. The summed E-state index contributed by atoms with van der Waals surface area (Å²) >= 11 is 4.98. The Hall–Kier alpha value is -2.97. The van der Waals surface area contributed by atoms with Crippen LogP contribution in [0.5, 0.6) is 0 Å². The van der Waals surface area contributed by atoms with E-state index in [0.29, 0.717) is 29.0 Å². The Morgan fingerprint density at radius 3 is 2.79 bits per heavy atom. The van der Waals surface area contributed by atoms with Crippen LogP contribution in [0, 0.1) is 12.3 Å². The number of nitrogens with one attached hydrogen (secondary N) is 2. The van der Waals surface area contributed by atoms with Crippen LogP contribution in [0.4, 0.5) is 5.95 Å². The lowest BCUT2D eigenvalue weighted by molar-refractivity contribution is -0.129. The van der Waals surface area contributed by atoms with Gasteiger partial charge in [0.05, 0.1) is 16.8 Å². The van der Waals surface area contributed by atoms with Crippen LogP contribution >= 0.6 is 27.3 Å². The van der Waals surface area contributed by atoms with Crippen molar-refractivity contribution in [2.45, 2.75) is 45.6 Å². The average Bonchev–Trinajstić information content (AvgIpc) is 3.59. The first-order chi connectivity index (χ1) is 18.5. The van der Waals surface area contributed by atoms with E-state index < -0.39 is 15.3 Å². The highest BCUT2D eigenvalue weighted by Gasteiger charge is 2.41. The van der Waals surface area contributed by atoms with Gasteiger partial charge in [0.1, 0.15) is 24.5 Å². The van der Waals surface area contributed by atoms with Crippen LogP contribution < -0.4 is 10.6 Å². The Bertz CT molecular complexity index is 1670. The molecule has 206 valence electrons. The molecule has 4 aromatic rings. The van der Waals surface area contributed by atoms with Gasteiger partial charge >= 0.3 is 0 Å². The van der Waals surface area contributed by atoms with Gasteiger partial charge in [0.25, 0.3) is 0 Å². The fraction of sp³-hybridized carbons (Fsp3) is 0.440. The Labute approximate surface area is 238 Å². The number of halogens is 1. The summed E-state index contributed by atoms with van der Waals surface area (Å²) in [6.07, 6.45) is 5.59. The molecule has 2 atom stereocenters. The molecule has 14 heteroatoms. The summed E-state index contributed by atoms with van der Waals surface area (Å²) in [7, 11) is -1.51. The number of nitrogens with zero attached hydrogens (tertiary/aromatic N) is 6. The van der Waals surface area contributed by atoms with Crippen molar-refractivity contribution in [3.8, 4) is 16.3 Å². The molecule has 1 fully saturated rings. The van der Waals surface area contributed by atoms with Gasteiger partial charge < -0.3 is 10.6 Å². The van der Waals surface area contributed by atoms with Crippen molar-refractivity contribution in [2.24, 2.45) is 5.41 Å². The van der Waals surface area contributed by atoms with E-state index >= 15 is 0 Å². The second-order valence-electron chi connectivity index (χ2n) is 10.2. The van der Waals surface area contributed by atoms with E-state index in [-0.39, 0.29) is 17.7 Å². The summed E-state index contributed by atoms with van der Waals surface area (Å²) in [6, 6.07) is 5.83. The number of benzene rings is 1. The zero-order valence-corrected chi connectivity index (χ0v) is 25.2. The second kappa shape index (κ2) is 10.5. The number of carbonyl (C=O) groups excluding carboxylic acids is 1. The number of aryl methyl sites for hydroxylation is 2. The lowest BCUT2D eigenvalue weighted by Gasteiger charge is -2.22. The Morgan fingerprint density at radius 1 is 1.31 bits per heavy atom. The minimum absolute atomic E-state index is 0.0113. The van der Waals surface area contributed by atoms with Crippen molar-refractivity contribution in [3.05, 3.63) is 39.6 Å². The number of anilines is 1. The SMILES string of the molecule is CNC(=O)[C@]1(C)CC[C@@H](Nc2ncc3c(Br)nn(-c4ccc(-c5nnc(C)s5)c(CCS(C)(=O)=O)c4)c3n2)C1. The molecule has 0 bridgehead atoms. The maximum absolute atomic E-state index is 12.3. The quantitative estimate of drug-likeness (QED) is 0.297. The highest BCUT2D eigenvalue weighted by Crippen LogP contribution is 2.39. The van der Waals surface area contributed by atoms with Gasteiger partial charge in [-0.1, -0.05) is 18.3 Å². The second-order valence-corrected chi connectivity index (χ2v) is 14.4. The largest absolute Gasteiger partial charge is 0.359 e. The predicted molar refractivity (Wildman–Crippen MR) is 155 cm³/mol. The third-order valence-electron chi connectivity index (χ3n) is 7.06. The summed E-state index contributed by atoms with van der Waals surface area (Å²) in [6.45, 7) is 3.87. The van der Waals surface area contributed by atoms with E-state index in [2.05, 4.69) is 46.8 Å². The van der Waals surface area contributed by atoms with Crippen LogP contribution in [0.2, 0.25) is 0 Å². The number of sulfone groups is 1. The van der Waals surface area contributed by atoms with Crippen molar-refractivity contribution in [3.63, 3.8) is 0 Å². The number of hydrogen-bond donors (Lipinski definition) is 2. The predicted octanol–water partition coefficient (Wildman–Crippen LogP) is 3.71. The number of rotatable bonds is 8. The standard InChI is InChI=1S/C25H29BrN8O3S2/c1-14-31-32-22(38-14)18-6-5-17(11-15(18)8-10-39(4,36)37)34-21-19(20(26)33-34)13-28-24(30-21)29-16-7-9-25(2,12-16)23(35)27-3/h5-6,11,13,16H,7-10,12H2,1-4H3,(H,27,35)(H,28,29,30)/t16-,25-/m1/s1. The number of fused-ring (bicyclic) bond motifs is 1. The van der Waals surface area contributed by atoms with E-state index in [1.807, 2.05) is 32.0 Å². The molecule has 1 aromatic carbocycles. The van der Waals surface area contributed by atoms with Crippen molar-refractivity contribution >= 4 is 60.0 Å². The van der Waals surface area contributed by atoms with Gasteiger partial charge in [0.15, 0.2) is 5.65 Å². The molecule has 1 aliphatic rings. The maximum Gasteiger partial charge on any atom is 0.225 e. The lowest BCUT2D eigenvalue weighted by Crippen LogP contribution is -2.35. The van der Waals surface area contributed by atoms with Gasteiger partial charge in [-0.2, -0.15) is 10.1 Å². The van der Waals surface area contributed by atoms with Crippen LogP contribution in [0.1, 0.15) is 36.8 Å². The summed E-state index contributed by atoms with van der Waals surface area (Å²) in [4.78, 5) is 21.6. The van der Waals surface area contributed by atoms with Gasteiger partial charge in [-0.15, -0.1) is 10.2 Å². The maximum atomic E-state index is 12.3. The smallest absolute Gasteiger partial charge is 0.225 e. The lowest BCUT2D eigenvalue weighted by atomic mass is 9.87. The zero-order chi connectivity index (χ0) is 27.9. The molecule has 0 aliphatic heterocycles. The van der Waals surface area contributed by atoms with E-state index in [4.69, 9.17) is 4.98 Å². The van der Waals surface area contributed by atoms with Crippen molar-refractivity contribution < 1.29 is 13.2 Å². The molecule has 0 unspecified atom stereocenters.